The monoisotopic (exact) mass is 280 g/mol. The zero-order chi connectivity index (χ0) is 13.9. The van der Waals surface area contributed by atoms with Crippen LogP contribution in [0.1, 0.15) is 6.92 Å². The Morgan fingerprint density at radius 1 is 1.32 bits per heavy atom. The molecule has 0 unspecified atom stereocenters. The Bertz CT molecular complexity index is 653. The van der Waals surface area contributed by atoms with Crippen LogP contribution in [0, 0.1) is 0 Å². The molecule has 1 aromatic carbocycles. The van der Waals surface area contributed by atoms with Crippen LogP contribution < -0.4 is 0 Å². The molecule has 7 nitrogen and oxygen atoms in total. The maximum absolute atomic E-state index is 12.3. The van der Waals surface area contributed by atoms with E-state index in [9.17, 15) is 13.2 Å². The maximum Gasteiger partial charge on any atom is 0.268 e. The molecule has 1 heterocycles. The highest BCUT2D eigenvalue weighted by Crippen LogP contribution is 2.15. The van der Waals surface area contributed by atoms with Crippen molar-refractivity contribution >= 4 is 15.9 Å². The minimum atomic E-state index is -3.88. The standard InChI is InChI=1S/C11H12N4O3S/c1-10(16)15(9-14-8-7-12-13-14)19(17,18)11-5-3-2-4-6-11/h2-8H,9H2,1H3. The summed E-state index contributed by atoms with van der Waals surface area (Å²) in [6.45, 7) is 0.990. The summed E-state index contributed by atoms with van der Waals surface area (Å²) in [5.74, 6) is -0.584. The molecule has 0 radical (unpaired) electrons. The molecule has 0 bridgehead atoms. The first kappa shape index (κ1) is 13.2. The van der Waals surface area contributed by atoms with E-state index in [-0.39, 0.29) is 11.6 Å². The molecular formula is C11H12N4O3S. The van der Waals surface area contributed by atoms with Gasteiger partial charge in [-0.3, -0.25) is 4.79 Å². The van der Waals surface area contributed by atoms with Crippen molar-refractivity contribution in [2.24, 2.45) is 0 Å². The fraction of sp³-hybridized carbons (Fsp3) is 0.182. The average molecular weight is 280 g/mol. The van der Waals surface area contributed by atoms with Crippen molar-refractivity contribution in [1.29, 1.82) is 0 Å². The third-order valence-corrected chi connectivity index (χ3v) is 4.25. The minimum absolute atomic E-state index is 0.0605. The summed E-state index contributed by atoms with van der Waals surface area (Å²) in [4.78, 5) is 11.6. The van der Waals surface area contributed by atoms with Crippen LogP contribution in [0.4, 0.5) is 0 Å². The molecule has 0 N–H and O–H groups in total. The van der Waals surface area contributed by atoms with Gasteiger partial charge in [-0.15, -0.1) is 5.10 Å². The quantitative estimate of drug-likeness (QED) is 0.813. The first-order valence-corrected chi connectivity index (χ1v) is 6.88. The Hall–Kier alpha value is -2.22. The van der Waals surface area contributed by atoms with Crippen LogP contribution in [0.5, 0.6) is 0 Å². The molecule has 0 saturated carbocycles. The molecule has 0 aliphatic carbocycles. The summed E-state index contributed by atoms with van der Waals surface area (Å²) >= 11 is 0. The second-order valence-corrected chi connectivity index (χ2v) is 5.63. The highest BCUT2D eigenvalue weighted by molar-refractivity contribution is 7.89. The van der Waals surface area contributed by atoms with E-state index in [0.717, 1.165) is 4.31 Å². The number of aromatic nitrogens is 3. The molecule has 0 fully saturated rings. The van der Waals surface area contributed by atoms with Gasteiger partial charge in [0.05, 0.1) is 11.1 Å². The number of benzene rings is 1. The molecule has 0 spiro atoms. The van der Waals surface area contributed by atoms with Crippen LogP contribution in [-0.4, -0.2) is 33.6 Å². The maximum atomic E-state index is 12.3. The summed E-state index contributed by atoms with van der Waals surface area (Å²) in [7, 11) is -3.88. The summed E-state index contributed by atoms with van der Waals surface area (Å²) in [5, 5.41) is 7.22. The van der Waals surface area contributed by atoms with Gasteiger partial charge in [-0.1, -0.05) is 23.4 Å². The summed E-state index contributed by atoms with van der Waals surface area (Å²) in [5.41, 5.74) is 0. The zero-order valence-electron chi connectivity index (χ0n) is 10.2. The Labute approximate surface area is 110 Å². The van der Waals surface area contributed by atoms with E-state index < -0.39 is 15.9 Å². The van der Waals surface area contributed by atoms with Gasteiger partial charge in [-0.05, 0) is 12.1 Å². The normalized spacial score (nSPS) is 11.2. The zero-order valence-corrected chi connectivity index (χ0v) is 11.0. The summed E-state index contributed by atoms with van der Waals surface area (Å²) in [6.07, 6.45) is 2.89. The van der Waals surface area contributed by atoms with Crippen molar-refractivity contribution in [2.75, 3.05) is 0 Å². The van der Waals surface area contributed by atoms with E-state index in [2.05, 4.69) is 10.3 Å². The van der Waals surface area contributed by atoms with E-state index >= 15 is 0 Å². The van der Waals surface area contributed by atoms with Gasteiger partial charge in [0.25, 0.3) is 10.0 Å². The Balaban J connectivity index is 2.37. The van der Waals surface area contributed by atoms with E-state index in [0.29, 0.717) is 0 Å². The Kier molecular flexibility index (Phi) is 3.61. The number of amides is 1. The van der Waals surface area contributed by atoms with Crippen molar-refractivity contribution in [3.63, 3.8) is 0 Å². The van der Waals surface area contributed by atoms with Crippen LogP contribution in [0.25, 0.3) is 0 Å². The van der Waals surface area contributed by atoms with Gasteiger partial charge in [0, 0.05) is 13.1 Å². The van der Waals surface area contributed by atoms with Crippen LogP contribution in [0.2, 0.25) is 0 Å². The lowest BCUT2D eigenvalue weighted by Gasteiger charge is -2.20. The molecule has 0 aliphatic rings. The van der Waals surface area contributed by atoms with Crippen LogP contribution in [0.15, 0.2) is 47.6 Å². The van der Waals surface area contributed by atoms with E-state index in [1.807, 2.05) is 0 Å². The topological polar surface area (TPSA) is 85.2 Å². The number of carbonyl (C=O) groups excluding carboxylic acids is 1. The number of sulfonamides is 1. The predicted molar refractivity (Wildman–Crippen MR) is 66.2 cm³/mol. The number of hydrogen-bond donors (Lipinski definition) is 0. The number of rotatable bonds is 4. The van der Waals surface area contributed by atoms with Gasteiger partial charge in [0.15, 0.2) is 0 Å². The van der Waals surface area contributed by atoms with Crippen molar-refractivity contribution in [3.05, 3.63) is 42.7 Å². The van der Waals surface area contributed by atoms with E-state index in [1.165, 1.54) is 36.1 Å². The number of nitrogens with zero attached hydrogens (tertiary/aromatic N) is 4. The first-order valence-electron chi connectivity index (χ1n) is 5.44. The fourth-order valence-corrected chi connectivity index (χ4v) is 2.87. The minimum Gasteiger partial charge on any atom is -0.274 e. The lowest BCUT2D eigenvalue weighted by atomic mass is 10.4. The van der Waals surface area contributed by atoms with Crippen LogP contribution in [-0.2, 0) is 21.5 Å². The van der Waals surface area contributed by atoms with Gasteiger partial charge in [0.1, 0.15) is 6.67 Å². The molecule has 19 heavy (non-hydrogen) atoms. The highest BCUT2D eigenvalue weighted by Gasteiger charge is 2.27. The predicted octanol–water partition coefficient (Wildman–Crippen LogP) is 0.473. The summed E-state index contributed by atoms with van der Waals surface area (Å²) < 4.78 is 26.7. The molecule has 0 atom stereocenters. The molecule has 2 aromatic rings. The highest BCUT2D eigenvalue weighted by atomic mass is 32.2. The molecule has 100 valence electrons. The van der Waals surface area contributed by atoms with Gasteiger partial charge in [-0.25, -0.2) is 17.4 Å². The number of carbonyl (C=O) groups is 1. The van der Waals surface area contributed by atoms with Gasteiger partial charge in [-0.2, -0.15) is 0 Å². The molecule has 0 saturated heterocycles. The van der Waals surface area contributed by atoms with Crippen molar-refractivity contribution in [1.82, 2.24) is 19.3 Å². The van der Waals surface area contributed by atoms with Crippen molar-refractivity contribution in [2.45, 2.75) is 18.5 Å². The van der Waals surface area contributed by atoms with Crippen molar-refractivity contribution < 1.29 is 13.2 Å². The molecule has 1 amide bonds. The lowest BCUT2D eigenvalue weighted by Crippen LogP contribution is -2.36. The molecule has 8 heteroatoms. The number of hydrogen-bond acceptors (Lipinski definition) is 5. The fourth-order valence-electron chi connectivity index (χ4n) is 1.50. The lowest BCUT2D eigenvalue weighted by molar-refractivity contribution is -0.125. The second-order valence-electron chi connectivity index (χ2n) is 3.77. The van der Waals surface area contributed by atoms with Crippen molar-refractivity contribution in [3.8, 4) is 0 Å². The largest absolute Gasteiger partial charge is 0.274 e. The Morgan fingerprint density at radius 3 is 2.53 bits per heavy atom. The Morgan fingerprint density at radius 2 is 2.00 bits per heavy atom. The summed E-state index contributed by atoms with van der Waals surface area (Å²) in [6, 6.07) is 7.77. The molecule has 0 aliphatic heterocycles. The van der Waals surface area contributed by atoms with E-state index in [1.54, 1.807) is 18.2 Å². The third kappa shape index (κ3) is 2.79. The molecular weight excluding hydrogens is 268 g/mol. The van der Waals surface area contributed by atoms with Gasteiger partial charge in [0.2, 0.25) is 5.91 Å². The van der Waals surface area contributed by atoms with Crippen LogP contribution >= 0.6 is 0 Å². The first-order chi connectivity index (χ1) is 9.01. The molecule has 2 rings (SSSR count). The van der Waals surface area contributed by atoms with Crippen LogP contribution in [0.3, 0.4) is 0 Å². The van der Waals surface area contributed by atoms with Gasteiger partial charge >= 0.3 is 0 Å². The van der Waals surface area contributed by atoms with E-state index in [4.69, 9.17) is 0 Å². The SMILES string of the molecule is CC(=O)N(Cn1ccnn1)S(=O)(=O)c1ccccc1. The average Bonchev–Trinajstić information content (AvgIpc) is 2.89. The third-order valence-electron chi connectivity index (χ3n) is 2.43. The molecule has 1 aromatic heterocycles. The smallest absolute Gasteiger partial charge is 0.268 e. The van der Waals surface area contributed by atoms with Gasteiger partial charge < -0.3 is 0 Å². The second kappa shape index (κ2) is 5.19.